The van der Waals surface area contributed by atoms with Crippen molar-refractivity contribution in [1.29, 1.82) is 0 Å². The molecule has 1 fully saturated rings. The van der Waals surface area contributed by atoms with Crippen molar-refractivity contribution < 1.29 is 4.74 Å². The van der Waals surface area contributed by atoms with Gasteiger partial charge in [-0.05, 0) is 44.2 Å². The topological polar surface area (TPSA) is 61.8 Å². The molecular formula is C20H36IN5O. The summed E-state index contributed by atoms with van der Waals surface area (Å²) in [6, 6.07) is 4.31. The predicted octanol–water partition coefficient (Wildman–Crippen LogP) is 3.56. The average molecular weight is 489 g/mol. The van der Waals surface area contributed by atoms with Crippen molar-refractivity contribution in [2.45, 2.75) is 52.0 Å². The van der Waals surface area contributed by atoms with Crippen LogP contribution in [-0.2, 0) is 11.3 Å². The Morgan fingerprint density at radius 2 is 1.93 bits per heavy atom. The Hall–Kier alpha value is -1.09. The first-order valence-corrected chi connectivity index (χ1v) is 10.1. The summed E-state index contributed by atoms with van der Waals surface area (Å²) in [5, 5.41) is 6.69. The molecule has 2 N–H and O–H groups in total. The number of pyridine rings is 1. The second kappa shape index (κ2) is 14.9. The van der Waals surface area contributed by atoms with E-state index in [0.717, 1.165) is 64.0 Å². The van der Waals surface area contributed by atoms with E-state index in [-0.39, 0.29) is 24.0 Å². The quantitative estimate of drug-likeness (QED) is 0.241. The maximum absolute atomic E-state index is 5.35. The SMILES string of the molecule is CCOCCCCNC(=NC)NCc1ccc(N2CCCCCC2)nc1.I. The lowest BCUT2D eigenvalue weighted by molar-refractivity contribution is 0.143. The molecule has 2 heterocycles. The van der Waals surface area contributed by atoms with Crippen molar-refractivity contribution in [2.75, 3.05) is 44.8 Å². The Balaban J connectivity index is 0.00000364. The van der Waals surface area contributed by atoms with Crippen molar-refractivity contribution in [3.8, 4) is 0 Å². The van der Waals surface area contributed by atoms with E-state index in [1.165, 1.54) is 31.2 Å². The number of halogens is 1. The van der Waals surface area contributed by atoms with E-state index >= 15 is 0 Å². The molecule has 154 valence electrons. The van der Waals surface area contributed by atoms with E-state index in [1.807, 2.05) is 13.1 Å². The normalized spacial score (nSPS) is 15.0. The summed E-state index contributed by atoms with van der Waals surface area (Å²) < 4.78 is 5.35. The third-order valence-electron chi connectivity index (χ3n) is 4.63. The number of hydrogen-bond donors (Lipinski definition) is 2. The summed E-state index contributed by atoms with van der Waals surface area (Å²) in [5.74, 6) is 1.94. The molecule has 2 rings (SSSR count). The van der Waals surface area contributed by atoms with Crippen LogP contribution in [0.1, 0.15) is 51.0 Å². The number of aliphatic imine (C=N–C) groups is 1. The second-order valence-corrected chi connectivity index (χ2v) is 6.68. The van der Waals surface area contributed by atoms with Crippen molar-refractivity contribution in [3.05, 3.63) is 23.9 Å². The molecule has 0 radical (unpaired) electrons. The van der Waals surface area contributed by atoms with Gasteiger partial charge in [-0.15, -0.1) is 24.0 Å². The first-order valence-electron chi connectivity index (χ1n) is 10.1. The van der Waals surface area contributed by atoms with Crippen LogP contribution in [0.4, 0.5) is 5.82 Å². The van der Waals surface area contributed by atoms with Gasteiger partial charge in [0.25, 0.3) is 0 Å². The van der Waals surface area contributed by atoms with E-state index in [0.29, 0.717) is 0 Å². The molecule has 1 aliphatic heterocycles. The Bertz CT molecular complexity index is 516. The van der Waals surface area contributed by atoms with Gasteiger partial charge >= 0.3 is 0 Å². The van der Waals surface area contributed by atoms with Crippen molar-refractivity contribution in [1.82, 2.24) is 15.6 Å². The fraction of sp³-hybridized carbons (Fsp3) is 0.700. The third-order valence-corrected chi connectivity index (χ3v) is 4.63. The lowest BCUT2D eigenvalue weighted by atomic mass is 10.2. The molecule has 0 aliphatic carbocycles. The second-order valence-electron chi connectivity index (χ2n) is 6.68. The zero-order valence-corrected chi connectivity index (χ0v) is 19.2. The predicted molar refractivity (Wildman–Crippen MR) is 124 cm³/mol. The summed E-state index contributed by atoms with van der Waals surface area (Å²) in [4.78, 5) is 11.3. The van der Waals surface area contributed by atoms with Gasteiger partial charge < -0.3 is 20.3 Å². The Morgan fingerprint density at radius 1 is 1.15 bits per heavy atom. The zero-order chi connectivity index (χ0) is 18.5. The number of aromatic nitrogens is 1. The summed E-state index contributed by atoms with van der Waals surface area (Å²) in [6.07, 6.45) is 9.36. The number of anilines is 1. The van der Waals surface area contributed by atoms with Crippen LogP contribution in [0.2, 0.25) is 0 Å². The molecule has 0 amide bonds. The first-order chi connectivity index (χ1) is 12.8. The maximum Gasteiger partial charge on any atom is 0.191 e. The number of nitrogens with zero attached hydrogens (tertiary/aromatic N) is 3. The summed E-state index contributed by atoms with van der Waals surface area (Å²) >= 11 is 0. The van der Waals surface area contributed by atoms with Crippen LogP contribution in [0.15, 0.2) is 23.3 Å². The zero-order valence-electron chi connectivity index (χ0n) is 16.9. The fourth-order valence-corrected chi connectivity index (χ4v) is 3.09. The molecule has 1 saturated heterocycles. The molecule has 1 aromatic rings. The molecule has 0 unspecified atom stereocenters. The number of unbranched alkanes of at least 4 members (excludes halogenated alkanes) is 1. The van der Waals surface area contributed by atoms with Gasteiger partial charge in [0.05, 0.1) is 0 Å². The van der Waals surface area contributed by atoms with Crippen molar-refractivity contribution in [2.24, 2.45) is 4.99 Å². The molecular weight excluding hydrogens is 453 g/mol. The van der Waals surface area contributed by atoms with Crippen LogP contribution >= 0.6 is 24.0 Å². The Kier molecular flexibility index (Phi) is 13.2. The first kappa shape index (κ1) is 23.9. The molecule has 6 nitrogen and oxygen atoms in total. The van der Waals surface area contributed by atoms with Crippen LogP contribution in [0.5, 0.6) is 0 Å². The summed E-state index contributed by atoms with van der Waals surface area (Å²) in [5.41, 5.74) is 1.17. The molecule has 0 saturated carbocycles. The lowest BCUT2D eigenvalue weighted by Crippen LogP contribution is -2.37. The van der Waals surface area contributed by atoms with E-state index in [9.17, 15) is 0 Å². The summed E-state index contributed by atoms with van der Waals surface area (Å²) in [7, 11) is 1.80. The van der Waals surface area contributed by atoms with Crippen molar-refractivity contribution >= 4 is 35.8 Å². The van der Waals surface area contributed by atoms with Crippen LogP contribution in [0, 0.1) is 0 Å². The highest BCUT2D eigenvalue weighted by Crippen LogP contribution is 2.17. The molecule has 0 spiro atoms. The molecule has 7 heteroatoms. The highest BCUT2D eigenvalue weighted by Gasteiger charge is 2.10. The highest BCUT2D eigenvalue weighted by molar-refractivity contribution is 14.0. The average Bonchev–Trinajstić information content (AvgIpc) is 2.97. The van der Waals surface area contributed by atoms with E-state index in [2.05, 4.69) is 37.6 Å². The number of nitrogens with one attached hydrogen (secondary N) is 2. The standard InChI is InChI=1S/C20H35N5O.HI/c1-3-26-15-9-6-12-22-20(21-2)24-17-18-10-11-19(23-16-18)25-13-7-4-5-8-14-25;/h10-11,16H,3-9,12-15,17H2,1-2H3,(H2,21,22,24);1H. The lowest BCUT2D eigenvalue weighted by Gasteiger charge is -2.21. The van der Waals surface area contributed by atoms with Crippen LogP contribution in [0.25, 0.3) is 0 Å². The monoisotopic (exact) mass is 489 g/mol. The minimum Gasteiger partial charge on any atom is -0.382 e. The van der Waals surface area contributed by atoms with E-state index in [1.54, 1.807) is 7.05 Å². The smallest absolute Gasteiger partial charge is 0.191 e. The molecule has 27 heavy (non-hydrogen) atoms. The molecule has 1 aliphatic rings. The van der Waals surface area contributed by atoms with Gasteiger partial charge in [-0.3, -0.25) is 4.99 Å². The number of hydrogen-bond acceptors (Lipinski definition) is 4. The van der Waals surface area contributed by atoms with Gasteiger partial charge in [-0.2, -0.15) is 0 Å². The molecule has 0 atom stereocenters. The van der Waals surface area contributed by atoms with Gasteiger partial charge in [-0.25, -0.2) is 4.98 Å². The van der Waals surface area contributed by atoms with Crippen molar-refractivity contribution in [3.63, 3.8) is 0 Å². The third kappa shape index (κ3) is 9.60. The van der Waals surface area contributed by atoms with Crippen LogP contribution in [-0.4, -0.2) is 50.8 Å². The van der Waals surface area contributed by atoms with Gasteiger partial charge in [0.1, 0.15) is 5.82 Å². The number of ether oxygens (including phenoxy) is 1. The van der Waals surface area contributed by atoms with Crippen LogP contribution < -0.4 is 15.5 Å². The number of rotatable bonds is 9. The molecule has 1 aromatic heterocycles. The Labute approximate surface area is 181 Å². The van der Waals surface area contributed by atoms with E-state index in [4.69, 9.17) is 4.74 Å². The molecule has 0 bridgehead atoms. The van der Waals surface area contributed by atoms with Gasteiger partial charge in [0, 0.05) is 52.6 Å². The maximum atomic E-state index is 5.35. The minimum atomic E-state index is 0. The largest absolute Gasteiger partial charge is 0.382 e. The van der Waals surface area contributed by atoms with Gasteiger partial charge in [0.15, 0.2) is 5.96 Å². The fourth-order valence-electron chi connectivity index (χ4n) is 3.09. The van der Waals surface area contributed by atoms with E-state index < -0.39 is 0 Å². The molecule has 0 aromatic carbocycles. The van der Waals surface area contributed by atoms with Gasteiger partial charge in [0.2, 0.25) is 0 Å². The van der Waals surface area contributed by atoms with Crippen LogP contribution in [0.3, 0.4) is 0 Å². The minimum absolute atomic E-state index is 0. The number of guanidine groups is 1. The van der Waals surface area contributed by atoms with Gasteiger partial charge in [-0.1, -0.05) is 18.9 Å². The Morgan fingerprint density at radius 3 is 2.56 bits per heavy atom. The summed E-state index contributed by atoms with van der Waals surface area (Å²) in [6.45, 7) is 7.54. The highest BCUT2D eigenvalue weighted by atomic mass is 127.